The van der Waals surface area contributed by atoms with Gasteiger partial charge in [-0.25, -0.2) is 0 Å². The van der Waals surface area contributed by atoms with E-state index in [2.05, 4.69) is 0 Å². The summed E-state index contributed by atoms with van der Waals surface area (Å²) >= 11 is 0. The molecule has 2 rings (SSSR count). The molecule has 2 aromatic carbocycles. The Bertz CT molecular complexity index is 622. The third-order valence-electron chi connectivity index (χ3n) is 2.60. The second-order valence-electron chi connectivity index (χ2n) is 3.74. The summed E-state index contributed by atoms with van der Waals surface area (Å²) in [4.78, 5) is 11.3. The molecule has 0 fully saturated rings. The van der Waals surface area contributed by atoms with Gasteiger partial charge in [0.2, 0.25) is 5.91 Å². The lowest BCUT2D eigenvalue weighted by atomic mass is 9.97. The Morgan fingerprint density at radius 1 is 0.944 bits per heavy atom. The number of benzene rings is 2. The number of carbonyl (C=O) groups is 1. The van der Waals surface area contributed by atoms with Crippen LogP contribution >= 0.6 is 0 Å². The summed E-state index contributed by atoms with van der Waals surface area (Å²) in [6.45, 7) is 0. The van der Waals surface area contributed by atoms with E-state index in [0.29, 0.717) is 0 Å². The normalized spacial score (nSPS) is 10.2. The van der Waals surface area contributed by atoms with Gasteiger partial charge in [-0.2, -0.15) is 0 Å². The zero-order chi connectivity index (χ0) is 13.3. The lowest BCUT2D eigenvalue weighted by molar-refractivity contribution is 0.100. The maximum Gasteiger partial charge on any atom is 0.249 e. The number of carbonyl (C=O) groups excluding carboxylic acids is 1. The molecule has 0 atom stereocenters. The molecular formula is C13H11NO4. The standard InChI is InChI=1S/C13H11NO4/c14-13(18)8-5-6-10(16)12(17)11(8)7-3-1-2-4-9(7)15/h1-6,15-17H,(H2,14,18). The van der Waals surface area contributed by atoms with Gasteiger partial charge < -0.3 is 21.1 Å². The number of hydrogen-bond donors (Lipinski definition) is 4. The fourth-order valence-electron chi connectivity index (χ4n) is 1.74. The van der Waals surface area contributed by atoms with Gasteiger partial charge in [0.1, 0.15) is 5.75 Å². The molecule has 5 nitrogen and oxygen atoms in total. The predicted octanol–water partition coefficient (Wildman–Crippen LogP) is 1.57. The number of hydrogen-bond acceptors (Lipinski definition) is 4. The molecule has 2 aromatic rings. The second kappa shape index (κ2) is 4.29. The topological polar surface area (TPSA) is 104 Å². The van der Waals surface area contributed by atoms with E-state index in [-0.39, 0.29) is 22.4 Å². The maximum absolute atomic E-state index is 11.3. The third kappa shape index (κ3) is 1.82. The first-order chi connectivity index (χ1) is 8.52. The van der Waals surface area contributed by atoms with E-state index in [9.17, 15) is 20.1 Å². The van der Waals surface area contributed by atoms with Crippen molar-refractivity contribution >= 4 is 5.91 Å². The fourth-order valence-corrected chi connectivity index (χ4v) is 1.74. The molecule has 0 aliphatic heterocycles. The molecule has 0 saturated carbocycles. The number of aromatic hydroxyl groups is 3. The van der Waals surface area contributed by atoms with Crippen LogP contribution in [0.2, 0.25) is 0 Å². The number of nitrogens with two attached hydrogens (primary N) is 1. The van der Waals surface area contributed by atoms with E-state index in [1.165, 1.54) is 24.3 Å². The molecular weight excluding hydrogens is 234 g/mol. The van der Waals surface area contributed by atoms with E-state index in [1.807, 2.05) is 0 Å². The molecule has 0 unspecified atom stereocenters. The van der Waals surface area contributed by atoms with Crippen molar-refractivity contribution in [3.8, 4) is 28.4 Å². The predicted molar refractivity (Wildman–Crippen MR) is 65.4 cm³/mol. The highest BCUT2D eigenvalue weighted by molar-refractivity contribution is 6.02. The van der Waals surface area contributed by atoms with E-state index in [1.54, 1.807) is 12.1 Å². The summed E-state index contributed by atoms with van der Waals surface area (Å²) < 4.78 is 0. The summed E-state index contributed by atoms with van der Waals surface area (Å²) in [7, 11) is 0. The van der Waals surface area contributed by atoms with Crippen LogP contribution in [0.1, 0.15) is 10.4 Å². The lowest BCUT2D eigenvalue weighted by Gasteiger charge is -2.11. The largest absolute Gasteiger partial charge is 0.507 e. The van der Waals surface area contributed by atoms with Crippen molar-refractivity contribution in [1.29, 1.82) is 0 Å². The first-order valence-electron chi connectivity index (χ1n) is 5.15. The van der Waals surface area contributed by atoms with Crippen LogP contribution in [0.3, 0.4) is 0 Å². The molecule has 18 heavy (non-hydrogen) atoms. The summed E-state index contributed by atoms with van der Waals surface area (Å²) in [6, 6.07) is 8.60. The van der Waals surface area contributed by atoms with Crippen molar-refractivity contribution in [1.82, 2.24) is 0 Å². The summed E-state index contributed by atoms with van der Waals surface area (Å²) in [5.41, 5.74) is 5.46. The van der Waals surface area contributed by atoms with Crippen molar-refractivity contribution in [3.05, 3.63) is 42.0 Å². The maximum atomic E-state index is 11.3. The van der Waals surface area contributed by atoms with Gasteiger partial charge in [0.15, 0.2) is 11.5 Å². The smallest absolute Gasteiger partial charge is 0.249 e. The molecule has 5 N–H and O–H groups in total. The van der Waals surface area contributed by atoms with Gasteiger partial charge in [-0.05, 0) is 18.2 Å². The van der Waals surface area contributed by atoms with Gasteiger partial charge >= 0.3 is 0 Å². The van der Waals surface area contributed by atoms with E-state index >= 15 is 0 Å². The average molecular weight is 245 g/mol. The van der Waals surface area contributed by atoms with Crippen LogP contribution in [0.25, 0.3) is 11.1 Å². The van der Waals surface area contributed by atoms with Crippen LogP contribution in [0.4, 0.5) is 0 Å². The summed E-state index contributed by atoms with van der Waals surface area (Å²) in [6.07, 6.45) is 0. The van der Waals surface area contributed by atoms with Gasteiger partial charge in [0.25, 0.3) is 0 Å². The Morgan fingerprint density at radius 2 is 1.61 bits per heavy atom. The van der Waals surface area contributed by atoms with Crippen molar-refractivity contribution in [2.24, 2.45) is 5.73 Å². The van der Waals surface area contributed by atoms with Crippen LogP contribution in [0.5, 0.6) is 17.2 Å². The number of primary amides is 1. The van der Waals surface area contributed by atoms with Gasteiger partial charge in [-0.1, -0.05) is 18.2 Å². The zero-order valence-corrected chi connectivity index (χ0v) is 9.29. The average Bonchev–Trinajstić information content (AvgIpc) is 2.33. The summed E-state index contributed by atoms with van der Waals surface area (Å²) in [5, 5.41) is 29.1. The second-order valence-corrected chi connectivity index (χ2v) is 3.74. The minimum Gasteiger partial charge on any atom is -0.507 e. The van der Waals surface area contributed by atoms with Crippen LogP contribution < -0.4 is 5.73 Å². The minimum atomic E-state index is -0.761. The van der Waals surface area contributed by atoms with Gasteiger partial charge in [0, 0.05) is 11.1 Å². The number of phenolic OH excluding ortho intramolecular Hbond substituents is 3. The van der Waals surface area contributed by atoms with Gasteiger partial charge in [0.05, 0.1) is 5.56 Å². The number of phenols is 3. The summed E-state index contributed by atoms with van der Waals surface area (Å²) in [5.74, 6) is -1.77. The number of rotatable bonds is 2. The van der Waals surface area contributed by atoms with Crippen molar-refractivity contribution in [3.63, 3.8) is 0 Å². The molecule has 0 bridgehead atoms. The highest BCUT2D eigenvalue weighted by Crippen LogP contribution is 2.42. The SMILES string of the molecule is NC(=O)c1ccc(O)c(O)c1-c1ccccc1O. The fraction of sp³-hybridized carbons (Fsp3) is 0. The Balaban J connectivity index is 2.81. The Labute approximate surface area is 103 Å². The molecule has 0 spiro atoms. The van der Waals surface area contributed by atoms with Crippen molar-refractivity contribution in [2.75, 3.05) is 0 Å². The van der Waals surface area contributed by atoms with Gasteiger partial charge in [-0.3, -0.25) is 4.79 Å². The lowest BCUT2D eigenvalue weighted by Crippen LogP contribution is -2.12. The monoisotopic (exact) mass is 245 g/mol. The molecule has 1 amide bonds. The number of para-hydroxylation sites is 1. The molecule has 0 aliphatic rings. The van der Waals surface area contributed by atoms with Crippen molar-refractivity contribution < 1.29 is 20.1 Å². The van der Waals surface area contributed by atoms with E-state index in [0.717, 1.165) is 0 Å². The first-order valence-corrected chi connectivity index (χ1v) is 5.15. The molecule has 5 heteroatoms. The molecule has 0 radical (unpaired) electrons. The van der Waals surface area contributed by atoms with Crippen LogP contribution in [0.15, 0.2) is 36.4 Å². The molecule has 0 aromatic heterocycles. The Kier molecular flexibility index (Phi) is 2.81. The van der Waals surface area contributed by atoms with Crippen LogP contribution in [-0.4, -0.2) is 21.2 Å². The molecule has 92 valence electrons. The molecule has 0 aliphatic carbocycles. The van der Waals surface area contributed by atoms with E-state index in [4.69, 9.17) is 5.73 Å². The molecule has 0 heterocycles. The van der Waals surface area contributed by atoms with Gasteiger partial charge in [-0.15, -0.1) is 0 Å². The highest BCUT2D eigenvalue weighted by atomic mass is 16.3. The molecule has 0 saturated heterocycles. The van der Waals surface area contributed by atoms with Crippen molar-refractivity contribution in [2.45, 2.75) is 0 Å². The third-order valence-corrected chi connectivity index (χ3v) is 2.60. The minimum absolute atomic E-state index is 0.0144. The highest BCUT2D eigenvalue weighted by Gasteiger charge is 2.19. The van der Waals surface area contributed by atoms with Crippen LogP contribution in [0, 0.1) is 0 Å². The zero-order valence-electron chi connectivity index (χ0n) is 9.29. The number of amides is 1. The van der Waals surface area contributed by atoms with E-state index < -0.39 is 17.4 Å². The first kappa shape index (κ1) is 11.8. The van der Waals surface area contributed by atoms with Crippen LogP contribution in [-0.2, 0) is 0 Å². The Morgan fingerprint density at radius 3 is 2.22 bits per heavy atom. The Hall–Kier alpha value is -2.69. The quantitative estimate of drug-likeness (QED) is 0.603.